The second kappa shape index (κ2) is 3.80. The van der Waals surface area contributed by atoms with Gasteiger partial charge in [0.1, 0.15) is 0 Å². The first-order chi connectivity index (χ1) is 6.30. The molecule has 1 rings (SSSR count). The van der Waals surface area contributed by atoms with E-state index in [2.05, 4.69) is 39.0 Å². The SMILES string of the molecule is [B]C(C)(C)c1cc(C)cc(C(C)C)c1. The lowest BCUT2D eigenvalue weighted by Gasteiger charge is -2.22. The molecule has 0 fully saturated rings. The van der Waals surface area contributed by atoms with Gasteiger partial charge in [-0.05, 0) is 23.7 Å². The average molecular weight is 186 g/mol. The molecule has 0 aliphatic carbocycles. The van der Waals surface area contributed by atoms with Crippen LogP contribution in [0.4, 0.5) is 0 Å². The Labute approximate surface area is 89.1 Å². The third kappa shape index (κ3) is 2.63. The second-order valence-corrected chi connectivity index (χ2v) is 5.01. The molecule has 0 unspecified atom stereocenters. The van der Waals surface area contributed by atoms with Crippen molar-refractivity contribution < 1.29 is 0 Å². The molecule has 0 spiro atoms. The van der Waals surface area contributed by atoms with E-state index in [9.17, 15) is 0 Å². The third-order valence-electron chi connectivity index (χ3n) is 2.51. The van der Waals surface area contributed by atoms with E-state index in [1.807, 2.05) is 13.8 Å². The molecule has 14 heavy (non-hydrogen) atoms. The fourth-order valence-electron chi connectivity index (χ4n) is 1.52. The fourth-order valence-corrected chi connectivity index (χ4v) is 1.52. The van der Waals surface area contributed by atoms with Gasteiger partial charge < -0.3 is 0 Å². The summed E-state index contributed by atoms with van der Waals surface area (Å²) in [6.45, 7) is 10.6. The zero-order valence-corrected chi connectivity index (χ0v) is 9.89. The summed E-state index contributed by atoms with van der Waals surface area (Å²) in [6, 6.07) is 6.63. The molecular weight excluding hydrogens is 167 g/mol. The van der Waals surface area contributed by atoms with Crippen LogP contribution in [0.15, 0.2) is 18.2 Å². The minimum Gasteiger partial charge on any atom is -0.0639 e. The van der Waals surface area contributed by atoms with Gasteiger partial charge in [-0.2, -0.15) is 0 Å². The maximum absolute atomic E-state index is 6.09. The number of benzene rings is 1. The summed E-state index contributed by atoms with van der Waals surface area (Å²) in [6.07, 6.45) is 0. The lowest BCUT2D eigenvalue weighted by molar-refractivity contribution is 0.754. The minimum absolute atomic E-state index is 0.240. The lowest BCUT2D eigenvalue weighted by atomic mass is 9.67. The highest BCUT2D eigenvalue weighted by atomic mass is 14.2. The fraction of sp³-hybridized carbons (Fsp3) is 0.538. The first kappa shape index (κ1) is 11.4. The normalized spacial score (nSPS) is 12.1. The largest absolute Gasteiger partial charge is 0.0802 e. The second-order valence-electron chi connectivity index (χ2n) is 5.01. The summed E-state index contributed by atoms with van der Waals surface area (Å²) < 4.78 is 0. The van der Waals surface area contributed by atoms with Gasteiger partial charge in [0, 0.05) is 0 Å². The summed E-state index contributed by atoms with van der Waals surface area (Å²) in [5.41, 5.74) is 3.89. The molecule has 0 N–H and O–H groups in total. The van der Waals surface area contributed by atoms with Crippen LogP contribution >= 0.6 is 0 Å². The van der Waals surface area contributed by atoms with E-state index in [1.165, 1.54) is 16.7 Å². The smallest absolute Gasteiger partial charge is 0.0639 e. The van der Waals surface area contributed by atoms with E-state index in [0.717, 1.165) is 0 Å². The summed E-state index contributed by atoms with van der Waals surface area (Å²) >= 11 is 0. The van der Waals surface area contributed by atoms with E-state index in [-0.39, 0.29) is 5.31 Å². The molecule has 0 aromatic heterocycles. The van der Waals surface area contributed by atoms with Crippen LogP contribution in [0.1, 0.15) is 50.3 Å². The predicted molar refractivity (Wildman–Crippen MR) is 64.0 cm³/mol. The monoisotopic (exact) mass is 186 g/mol. The molecule has 0 atom stereocenters. The van der Waals surface area contributed by atoms with Crippen LogP contribution in [-0.4, -0.2) is 7.85 Å². The van der Waals surface area contributed by atoms with Gasteiger partial charge in [-0.1, -0.05) is 57.0 Å². The van der Waals surface area contributed by atoms with Crippen molar-refractivity contribution in [2.24, 2.45) is 0 Å². The molecule has 0 heterocycles. The molecule has 1 heteroatoms. The van der Waals surface area contributed by atoms with Crippen molar-refractivity contribution in [3.8, 4) is 0 Å². The van der Waals surface area contributed by atoms with Crippen molar-refractivity contribution in [2.45, 2.75) is 45.9 Å². The Bertz CT molecular complexity index is 318. The molecular formula is C13H19B. The van der Waals surface area contributed by atoms with E-state index in [4.69, 9.17) is 7.85 Å². The first-order valence-corrected chi connectivity index (χ1v) is 5.21. The van der Waals surface area contributed by atoms with Crippen LogP contribution in [0.2, 0.25) is 0 Å². The lowest BCUT2D eigenvalue weighted by Crippen LogP contribution is -2.17. The minimum atomic E-state index is -0.240. The van der Waals surface area contributed by atoms with E-state index < -0.39 is 0 Å². The highest BCUT2D eigenvalue weighted by molar-refractivity contribution is 6.15. The van der Waals surface area contributed by atoms with Gasteiger partial charge in [-0.3, -0.25) is 0 Å². The third-order valence-corrected chi connectivity index (χ3v) is 2.51. The van der Waals surface area contributed by atoms with Gasteiger partial charge in [0.05, 0.1) is 7.85 Å². The van der Waals surface area contributed by atoms with Gasteiger partial charge in [-0.15, -0.1) is 0 Å². The van der Waals surface area contributed by atoms with E-state index >= 15 is 0 Å². The Morgan fingerprint density at radius 3 is 2.14 bits per heavy atom. The van der Waals surface area contributed by atoms with Crippen molar-refractivity contribution in [3.05, 3.63) is 34.9 Å². The Balaban J connectivity index is 3.21. The van der Waals surface area contributed by atoms with Crippen molar-refractivity contribution in [1.82, 2.24) is 0 Å². The van der Waals surface area contributed by atoms with Gasteiger partial charge in [0.2, 0.25) is 0 Å². The zero-order valence-electron chi connectivity index (χ0n) is 9.89. The molecule has 2 radical (unpaired) electrons. The summed E-state index contributed by atoms with van der Waals surface area (Å²) in [7, 11) is 6.09. The van der Waals surface area contributed by atoms with Crippen molar-refractivity contribution >= 4 is 7.85 Å². The number of rotatable bonds is 2. The first-order valence-electron chi connectivity index (χ1n) is 5.21. The van der Waals surface area contributed by atoms with Crippen LogP contribution < -0.4 is 0 Å². The molecule has 0 amide bonds. The van der Waals surface area contributed by atoms with Crippen molar-refractivity contribution in [2.75, 3.05) is 0 Å². The standard InChI is InChI=1S/C13H19B/c1-9(2)11-6-10(3)7-12(8-11)13(4,5)14/h6-9H,1-5H3. The van der Waals surface area contributed by atoms with Crippen LogP contribution in [0, 0.1) is 6.92 Å². The highest BCUT2D eigenvalue weighted by Gasteiger charge is 2.14. The zero-order chi connectivity index (χ0) is 10.9. The van der Waals surface area contributed by atoms with Gasteiger partial charge in [0.15, 0.2) is 0 Å². The maximum Gasteiger partial charge on any atom is 0.0802 e. The maximum atomic E-state index is 6.09. The molecule has 0 saturated heterocycles. The summed E-state index contributed by atoms with van der Waals surface area (Å²) in [5.74, 6) is 0.566. The summed E-state index contributed by atoms with van der Waals surface area (Å²) in [4.78, 5) is 0. The predicted octanol–water partition coefficient (Wildman–Crippen LogP) is 3.52. The molecule has 1 aromatic carbocycles. The van der Waals surface area contributed by atoms with E-state index in [1.54, 1.807) is 0 Å². The average Bonchev–Trinajstić information content (AvgIpc) is 2.01. The highest BCUT2D eigenvalue weighted by Crippen LogP contribution is 2.25. The van der Waals surface area contributed by atoms with Crippen LogP contribution in [0.25, 0.3) is 0 Å². The molecule has 0 nitrogen and oxygen atoms in total. The van der Waals surface area contributed by atoms with Crippen molar-refractivity contribution in [1.29, 1.82) is 0 Å². The Kier molecular flexibility index (Phi) is 3.09. The molecule has 0 saturated carbocycles. The quantitative estimate of drug-likeness (QED) is 0.620. The van der Waals surface area contributed by atoms with Gasteiger partial charge >= 0.3 is 0 Å². The molecule has 0 bridgehead atoms. The van der Waals surface area contributed by atoms with Gasteiger partial charge in [0.25, 0.3) is 0 Å². The topological polar surface area (TPSA) is 0 Å². The molecule has 74 valence electrons. The Morgan fingerprint density at radius 1 is 1.14 bits per heavy atom. The molecule has 1 aromatic rings. The van der Waals surface area contributed by atoms with Crippen LogP contribution in [-0.2, 0) is 5.31 Å². The van der Waals surface area contributed by atoms with Crippen LogP contribution in [0.5, 0.6) is 0 Å². The van der Waals surface area contributed by atoms with E-state index in [0.29, 0.717) is 5.92 Å². The molecule has 0 aliphatic rings. The Hall–Kier alpha value is -0.715. The number of hydrogen-bond donors (Lipinski definition) is 0. The van der Waals surface area contributed by atoms with Crippen LogP contribution in [0.3, 0.4) is 0 Å². The summed E-state index contributed by atoms with van der Waals surface area (Å²) in [5, 5.41) is -0.240. The Morgan fingerprint density at radius 2 is 1.71 bits per heavy atom. The number of aryl methyl sites for hydroxylation is 1. The van der Waals surface area contributed by atoms with Gasteiger partial charge in [-0.25, -0.2) is 0 Å². The number of hydrogen-bond acceptors (Lipinski definition) is 0. The molecule has 0 aliphatic heterocycles. The van der Waals surface area contributed by atoms with Crippen molar-refractivity contribution in [3.63, 3.8) is 0 Å².